The minimum absolute atomic E-state index is 0.0485. The zero-order chi connectivity index (χ0) is 15.1. The molecule has 0 saturated carbocycles. The molecule has 112 valence electrons. The third-order valence-electron chi connectivity index (χ3n) is 3.34. The number of halogens is 1. The van der Waals surface area contributed by atoms with E-state index in [0.717, 1.165) is 24.3 Å². The Morgan fingerprint density at radius 2 is 1.90 bits per heavy atom. The van der Waals surface area contributed by atoms with Crippen LogP contribution in [0.2, 0.25) is 0 Å². The van der Waals surface area contributed by atoms with Crippen LogP contribution in [0.25, 0.3) is 0 Å². The van der Waals surface area contributed by atoms with E-state index in [4.69, 9.17) is 4.74 Å². The van der Waals surface area contributed by atoms with Crippen molar-refractivity contribution in [2.75, 3.05) is 11.9 Å². The maximum absolute atomic E-state index is 13.9. The third-order valence-corrected chi connectivity index (χ3v) is 3.34. The Balaban J connectivity index is 2.13. The lowest BCUT2D eigenvalue weighted by Gasteiger charge is -2.20. The van der Waals surface area contributed by atoms with Gasteiger partial charge in [0.1, 0.15) is 11.6 Å². The molecular formula is C18H22FNO. The Morgan fingerprint density at radius 3 is 2.62 bits per heavy atom. The highest BCUT2D eigenvalue weighted by atomic mass is 19.1. The number of ether oxygens (including phenoxy) is 1. The van der Waals surface area contributed by atoms with E-state index in [1.54, 1.807) is 6.07 Å². The second-order valence-corrected chi connectivity index (χ2v) is 5.00. The number of benzene rings is 2. The van der Waals surface area contributed by atoms with Gasteiger partial charge in [0.05, 0.1) is 12.6 Å². The van der Waals surface area contributed by atoms with Crippen molar-refractivity contribution in [3.63, 3.8) is 0 Å². The van der Waals surface area contributed by atoms with Gasteiger partial charge in [-0.15, -0.1) is 0 Å². The van der Waals surface area contributed by atoms with Gasteiger partial charge in [-0.3, -0.25) is 0 Å². The van der Waals surface area contributed by atoms with Crippen molar-refractivity contribution in [3.8, 4) is 5.75 Å². The van der Waals surface area contributed by atoms with Gasteiger partial charge in [0.15, 0.2) is 0 Å². The molecule has 0 radical (unpaired) electrons. The summed E-state index contributed by atoms with van der Waals surface area (Å²) in [5.41, 5.74) is 1.64. The molecule has 0 aliphatic heterocycles. The van der Waals surface area contributed by atoms with Gasteiger partial charge < -0.3 is 10.1 Å². The van der Waals surface area contributed by atoms with Crippen LogP contribution in [0.1, 0.15) is 38.3 Å². The van der Waals surface area contributed by atoms with Crippen LogP contribution in [0.4, 0.5) is 10.1 Å². The van der Waals surface area contributed by atoms with Crippen LogP contribution < -0.4 is 10.1 Å². The Hall–Kier alpha value is -2.03. The molecule has 2 rings (SSSR count). The van der Waals surface area contributed by atoms with Crippen molar-refractivity contribution in [1.29, 1.82) is 0 Å². The van der Waals surface area contributed by atoms with Crippen LogP contribution >= 0.6 is 0 Å². The van der Waals surface area contributed by atoms with Crippen LogP contribution in [-0.4, -0.2) is 6.61 Å². The van der Waals surface area contributed by atoms with Gasteiger partial charge in [-0.25, -0.2) is 4.39 Å². The van der Waals surface area contributed by atoms with Gasteiger partial charge in [0, 0.05) is 17.3 Å². The first-order chi connectivity index (χ1) is 10.2. The molecule has 0 spiro atoms. The lowest BCUT2D eigenvalue weighted by molar-refractivity contribution is 0.317. The van der Waals surface area contributed by atoms with Gasteiger partial charge in [0.25, 0.3) is 0 Å². The standard InChI is InChI=1S/C18H22FNO/c1-3-12-21-15-9-7-8-14(13-15)20-18(4-2)16-10-5-6-11-17(16)19/h5-11,13,18,20H,3-4,12H2,1-2H3. The summed E-state index contributed by atoms with van der Waals surface area (Å²) in [5.74, 6) is 0.667. The molecule has 2 nitrogen and oxygen atoms in total. The first-order valence-corrected chi connectivity index (χ1v) is 7.48. The van der Waals surface area contributed by atoms with Crippen molar-refractivity contribution in [1.82, 2.24) is 0 Å². The molecule has 0 aliphatic rings. The van der Waals surface area contributed by atoms with Gasteiger partial charge in [0.2, 0.25) is 0 Å². The molecule has 0 amide bonds. The van der Waals surface area contributed by atoms with Gasteiger partial charge in [-0.2, -0.15) is 0 Å². The Morgan fingerprint density at radius 1 is 1.10 bits per heavy atom. The van der Waals surface area contributed by atoms with E-state index in [9.17, 15) is 4.39 Å². The molecule has 0 bridgehead atoms. The smallest absolute Gasteiger partial charge is 0.128 e. The second-order valence-electron chi connectivity index (χ2n) is 5.00. The molecule has 0 heterocycles. The molecule has 2 aromatic rings. The first-order valence-electron chi connectivity index (χ1n) is 7.48. The second kappa shape index (κ2) is 7.67. The highest BCUT2D eigenvalue weighted by Crippen LogP contribution is 2.26. The summed E-state index contributed by atoms with van der Waals surface area (Å²) >= 11 is 0. The molecular weight excluding hydrogens is 265 g/mol. The quantitative estimate of drug-likeness (QED) is 0.757. The molecule has 2 aromatic carbocycles. The van der Waals surface area contributed by atoms with Crippen molar-refractivity contribution < 1.29 is 9.13 Å². The summed E-state index contributed by atoms with van der Waals surface area (Å²) in [6, 6.07) is 14.7. The van der Waals surface area contributed by atoms with E-state index in [0.29, 0.717) is 12.2 Å². The molecule has 1 N–H and O–H groups in total. The molecule has 0 saturated heterocycles. The third kappa shape index (κ3) is 4.22. The van der Waals surface area contributed by atoms with Crippen LogP contribution in [0, 0.1) is 5.82 Å². The lowest BCUT2D eigenvalue weighted by atomic mass is 10.0. The largest absolute Gasteiger partial charge is 0.494 e. The SMILES string of the molecule is CCCOc1cccc(NC(CC)c2ccccc2F)c1. The molecule has 1 unspecified atom stereocenters. The van der Waals surface area contributed by atoms with Crippen LogP contribution in [0.15, 0.2) is 48.5 Å². The molecule has 3 heteroatoms. The molecule has 21 heavy (non-hydrogen) atoms. The van der Waals surface area contributed by atoms with Crippen molar-refractivity contribution in [2.24, 2.45) is 0 Å². The number of hydrogen-bond acceptors (Lipinski definition) is 2. The average Bonchev–Trinajstić information content (AvgIpc) is 2.52. The normalized spacial score (nSPS) is 12.0. The molecule has 0 aromatic heterocycles. The minimum atomic E-state index is -0.171. The van der Waals surface area contributed by atoms with Crippen LogP contribution in [-0.2, 0) is 0 Å². The Kier molecular flexibility index (Phi) is 5.61. The minimum Gasteiger partial charge on any atom is -0.494 e. The van der Waals surface area contributed by atoms with E-state index in [-0.39, 0.29) is 11.9 Å². The zero-order valence-electron chi connectivity index (χ0n) is 12.6. The van der Waals surface area contributed by atoms with Gasteiger partial charge in [-0.1, -0.05) is 38.1 Å². The number of anilines is 1. The summed E-state index contributed by atoms with van der Waals surface area (Å²) in [7, 11) is 0. The van der Waals surface area contributed by atoms with E-state index < -0.39 is 0 Å². The molecule has 0 aliphatic carbocycles. The van der Waals surface area contributed by atoms with Gasteiger partial charge >= 0.3 is 0 Å². The fraction of sp³-hybridized carbons (Fsp3) is 0.333. The maximum Gasteiger partial charge on any atom is 0.128 e. The monoisotopic (exact) mass is 287 g/mol. The number of nitrogens with one attached hydrogen (secondary N) is 1. The Bertz CT molecular complexity index is 571. The summed E-state index contributed by atoms with van der Waals surface area (Å²) in [5, 5.41) is 3.38. The van der Waals surface area contributed by atoms with Gasteiger partial charge in [-0.05, 0) is 31.0 Å². The fourth-order valence-corrected chi connectivity index (χ4v) is 2.25. The number of hydrogen-bond donors (Lipinski definition) is 1. The van der Waals surface area contributed by atoms with E-state index in [1.807, 2.05) is 43.3 Å². The van der Waals surface area contributed by atoms with Crippen molar-refractivity contribution >= 4 is 5.69 Å². The fourth-order valence-electron chi connectivity index (χ4n) is 2.25. The van der Waals surface area contributed by atoms with Crippen molar-refractivity contribution in [2.45, 2.75) is 32.7 Å². The predicted octanol–water partition coefficient (Wildman–Crippen LogP) is 5.18. The maximum atomic E-state index is 13.9. The molecule has 0 fully saturated rings. The van der Waals surface area contributed by atoms with E-state index in [2.05, 4.69) is 12.2 Å². The van der Waals surface area contributed by atoms with E-state index >= 15 is 0 Å². The zero-order valence-corrected chi connectivity index (χ0v) is 12.6. The summed E-state index contributed by atoms with van der Waals surface area (Å²) < 4.78 is 19.5. The van der Waals surface area contributed by atoms with E-state index in [1.165, 1.54) is 6.07 Å². The topological polar surface area (TPSA) is 21.3 Å². The highest BCUT2D eigenvalue weighted by Gasteiger charge is 2.13. The molecule has 1 atom stereocenters. The first kappa shape index (κ1) is 15.4. The van der Waals surface area contributed by atoms with Crippen molar-refractivity contribution in [3.05, 3.63) is 59.9 Å². The Labute approximate surface area is 126 Å². The highest BCUT2D eigenvalue weighted by molar-refractivity contribution is 5.50. The predicted molar refractivity (Wildman–Crippen MR) is 85.3 cm³/mol. The van der Waals surface area contributed by atoms with Crippen LogP contribution in [0.3, 0.4) is 0 Å². The number of rotatable bonds is 7. The average molecular weight is 287 g/mol. The summed E-state index contributed by atoms with van der Waals surface area (Å²) in [6.45, 7) is 4.82. The summed E-state index contributed by atoms with van der Waals surface area (Å²) in [4.78, 5) is 0. The lowest BCUT2D eigenvalue weighted by Crippen LogP contribution is -2.11. The summed E-state index contributed by atoms with van der Waals surface area (Å²) in [6.07, 6.45) is 1.78. The van der Waals surface area contributed by atoms with Crippen LogP contribution in [0.5, 0.6) is 5.75 Å².